The maximum absolute atomic E-state index is 5.37. The van der Waals surface area contributed by atoms with Crippen molar-refractivity contribution in [3.05, 3.63) is 22.2 Å². The third-order valence-electron chi connectivity index (χ3n) is 2.96. The summed E-state index contributed by atoms with van der Waals surface area (Å²) < 4.78 is 6.46. The fourth-order valence-corrected chi connectivity index (χ4v) is 2.56. The Labute approximate surface area is 99.4 Å². The molecule has 0 aromatic heterocycles. The average Bonchev–Trinajstić information content (AvgIpc) is 2.74. The molecule has 0 aliphatic carbocycles. The molecule has 0 N–H and O–H groups in total. The first-order valence-corrected chi connectivity index (χ1v) is 6.11. The molecule has 0 amide bonds. The van der Waals surface area contributed by atoms with Gasteiger partial charge >= 0.3 is 0 Å². The largest absolute Gasteiger partial charge is 0.496 e. The van der Waals surface area contributed by atoms with Gasteiger partial charge in [-0.25, -0.2) is 0 Å². The van der Waals surface area contributed by atoms with Crippen LogP contribution in [0.4, 0.5) is 5.69 Å². The van der Waals surface area contributed by atoms with E-state index in [1.54, 1.807) is 7.11 Å². The Bertz CT molecular complexity index is 359. The third-order valence-corrected chi connectivity index (χ3v) is 3.42. The Kier molecular flexibility index (Phi) is 3.19. The standard InChI is InChI=1S/C12H16BrNO/c1-9-11(14-5-3-4-6-14)7-10(13)8-12(9)15-2/h7-8H,3-6H2,1-2H3. The summed E-state index contributed by atoms with van der Waals surface area (Å²) in [5, 5.41) is 0. The Morgan fingerprint density at radius 3 is 2.53 bits per heavy atom. The molecule has 1 aromatic rings. The minimum absolute atomic E-state index is 0.964. The van der Waals surface area contributed by atoms with E-state index in [1.807, 2.05) is 6.07 Å². The number of halogens is 1. The molecule has 2 rings (SSSR count). The SMILES string of the molecule is COc1cc(Br)cc(N2CCCC2)c1C. The van der Waals surface area contributed by atoms with E-state index < -0.39 is 0 Å². The quantitative estimate of drug-likeness (QED) is 0.817. The van der Waals surface area contributed by atoms with Gasteiger partial charge in [-0.2, -0.15) is 0 Å². The molecule has 0 spiro atoms. The lowest BCUT2D eigenvalue weighted by Gasteiger charge is -2.21. The summed E-state index contributed by atoms with van der Waals surface area (Å²) >= 11 is 3.53. The molecule has 15 heavy (non-hydrogen) atoms. The first kappa shape index (κ1) is 10.8. The van der Waals surface area contributed by atoms with Crippen molar-refractivity contribution in [2.24, 2.45) is 0 Å². The lowest BCUT2D eigenvalue weighted by Crippen LogP contribution is -2.18. The van der Waals surface area contributed by atoms with Crippen LogP contribution in [0.25, 0.3) is 0 Å². The van der Waals surface area contributed by atoms with E-state index in [1.165, 1.54) is 37.2 Å². The van der Waals surface area contributed by atoms with Gasteiger partial charge in [0.1, 0.15) is 5.75 Å². The van der Waals surface area contributed by atoms with Gasteiger partial charge in [0.2, 0.25) is 0 Å². The molecule has 82 valence electrons. The molecular weight excluding hydrogens is 254 g/mol. The number of hydrogen-bond donors (Lipinski definition) is 0. The van der Waals surface area contributed by atoms with Crippen molar-refractivity contribution in [3.8, 4) is 5.75 Å². The van der Waals surface area contributed by atoms with Crippen LogP contribution < -0.4 is 9.64 Å². The van der Waals surface area contributed by atoms with Crippen LogP contribution in [0.5, 0.6) is 5.75 Å². The zero-order valence-corrected chi connectivity index (χ0v) is 10.8. The van der Waals surface area contributed by atoms with Crippen LogP contribution in [-0.4, -0.2) is 20.2 Å². The van der Waals surface area contributed by atoms with Gasteiger partial charge in [-0.3, -0.25) is 0 Å². The van der Waals surface area contributed by atoms with Crippen molar-refractivity contribution in [1.82, 2.24) is 0 Å². The number of rotatable bonds is 2. The van der Waals surface area contributed by atoms with Gasteiger partial charge in [-0.1, -0.05) is 15.9 Å². The van der Waals surface area contributed by atoms with E-state index in [0.29, 0.717) is 0 Å². The number of methoxy groups -OCH3 is 1. The van der Waals surface area contributed by atoms with Gasteiger partial charge in [0.15, 0.2) is 0 Å². The molecular formula is C12H16BrNO. The van der Waals surface area contributed by atoms with Crippen LogP contribution in [0, 0.1) is 6.92 Å². The summed E-state index contributed by atoms with van der Waals surface area (Å²) in [6.07, 6.45) is 2.60. The second kappa shape index (κ2) is 4.44. The molecule has 1 aromatic carbocycles. The summed E-state index contributed by atoms with van der Waals surface area (Å²) in [5.74, 6) is 0.964. The molecule has 1 fully saturated rings. The van der Waals surface area contributed by atoms with Crippen LogP contribution >= 0.6 is 15.9 Å². The topological polar surface area (TPSA) is 12.5 Å². The van der Waals surface area contributed by atoms with Crippen molar-refractivity contribution in [2.75, 3.05) is 25.1 Å². The van der Waals surface area contributed by atoms with Gasteiger partial charge in [0, 0.05) is 28.8 Å². The van der Waals surface area contributed by atoms with Gasteiger partial charge in [-0.15, -0.1) is 0 Å². The number of anilines is 1. The fourth-order valence-electron chi connectivity index (χ4n) is 2.14. The second-order valence-corrected chi connectivity index (χ2v) is 4.86. The summed E-state index contributed by atoms with van der Waals surface area (Å²) in [4.78, 5) is 2.43. The fraction of sp³-hybridized carbons (Fsp3) is 0.500. The number of ether oxygens (including phenoxy) is 1. The highest BCUT2D eigenvalue weighted by Crippen LogP contribution is 2.34. The summed E-state index contributed by atoms with van der Waals surface area (Å²) in [6, 6.07) is 4.21. The molecule has 1 saturated heterocycles. The molecule has 3 heteroatoms. The van der Waals surface area contributed by atoms with Crippen molar-refractivity contribution >= 4 is 21.6 Å². The average molecular weight is 270 g/mol. The molecule has 0 saturated carbocycles. The predicted molar refractivity (Wildman–Crippen MR) is 66.9 cm³/mol. The maximum atomic E-state index is 5.37. The van der Waals surface area contributed by atoms with Gasteiger partial charge in [0.05, 0.1) is 7.11 Å². The lowest BCUT2D eigenvalue weighted by molar-refractivity contribution is 0.411. The van der Waals surface area contributed by atoms with Crippen LogP contribution in [0.3, 0.4) is 0 Å². The van der Waals surface area contributed by atoms with Crippen molar-refractivity contribution in [2.45, 2.75) is 19.8 Å². The van der Waals surface area contributed by atoms with E-state index in [2.05, 4.69) is 33.8 Å². The molecule has 0 bridgehead atoms. The molecule has 1 aliphatic heterocycles. The zero-order chi connectivity index (χ0) is 10.8. The molecule has 0 atom stereocenters. The lowest BCUT2D eigenvalue weighted by atomic mass is 10.1. The highest BCUT2D eigenvalue weighted by molar-refractivity contribution is 9.10. The minimum Gasteiger partial charge on any atom is -0.496 e. The normalized spacial score (nSPS) is 15.8. The van der Waals surface area contributed by atoms with Crippen LogP contribution in [-0.2, 0) is 0 Å². The molecule has 0 radical (unpaired) electrons. The number of nitrogens with zero attached hydrogens (tertiary/aromatic N) is 1. The van der Waals surface area contributed by atoms with Crippen LogP contribution in [0.2, 0.25) is 0 Å². The minimum atomic E-state index is 0.964. The van der Waals surface area contributed by atoms with Gasteiger partial charge in [-0.05, 0) is 31.9 Å². The van der Waals surface area contributed by atoms with Crippen molar-refractivity contribution < 1.29 is 4.74 Å². The summed E-state index contributed by atoms with van der Waals surface area (Å²) in [6.45, 7) is 4.46. The Morgan fingerprint density at radius 1 is 1.27 bits per heavy atom. The third kappa shape index (κ3) is 2.12. The zero-order valence-electron chi connectivity index (χ0n) is 9.22. The Morgan fingerprint density at radius 2 is 1.93 bits per heavy atom. The monoisotopic (exact) mass is 269 g/mol. The van der Waals surface area contributed by atoms with Crippen LogP contribution in [0.1, 0.15) is 18.4 Å². The van der Waals surface area contributed by atoms with Gasteiger partial charge < -0.3 is 9.64 Å². The van der Waals surface area contributed by atoms with Crippen molar-refractivity contribution in [1.29, 1.82) is 0 Å². The summed E-state index contributed by atoms with van der Waals surface area (Å²) in [7, 11) is 1.72. The highest BCUT2D eigenvalue weighted by Gasteiger charge is 2.16. The van der Waals surface area contributed by atoms with Crippen molar-refractivity contribution in [3.63, 3.8) is 0 Å². The van der Waals surface area contributed by atoms with E-state index in [4.69, 9.17) is 4.74 Å². The highest BCUT2D eigenvalue weighted by atomic mass is 79.9. The first-order valence-electron chi connectivity index (χ1n) is 5.31. The molecule has 1 aliphatic rings. The Hall–Kier alpha value is -0.700. The van der Waals surface area contributed by atoms with E-state index in [9.17, 15) is 0 Å². The maximum Gasteiger partial charge on any atom is 0.124 e. The smallest absolute Gasteiger partial charge is 0.124 e. The number of benzene rings is 1. The Balaban J connectivity index is 2.40. The predicted octanol–water partition coefficient (Wildman–Crippen LogP) is 3.37. The van der Waals surface area contributed by atoms with E-state index in [-0.39, 0.29) is 0 Å². The van der Waals surface area contributed by atoms with Gasteiger partial charge in [0.25, 0.3) is 0 Å². The first-order chi connectivity index (χ1) is 7.22. The second-order valence-electron chi connectivity index (χ2n) is 3.95. The number of hydrogen-bond acceptors (Lipinski definition) is 2. The van der Waals surface area contributed by atoms with E-state index >= 15 is 0 Å². The van der Waals surface area contributed by atoms with E-state index in [0.717, 1.165) is 10.2 Å². The van der Waals surface area contributed by atoms with Crippen LogP contribution in [0.15, 0.2) is 16.6 Å². The molecule has 0 unspecified atom stereocenters. The molecule has 2 nitrogen and oxygen atoms in total. The molecule has 1 heterocycles. The summed E-state index contributed by atoms with van der Waals surface area (Å²) in [5.41, 5.74) is 2.54.